The van der Waals surface area contributed by atoms with Crippen LogP contribution < -0.4 is 20.9 Å². The van der Waals surface area contributed by atoms with Gasteiger partial charge in [0.1, 0.15) is 23.0 Å². The van der Waals surface area contributed by atoms with Crippen LogP contribution in [-0.2, 0) is 5.41 Å². The second kappa shape index (κ2) is 14.4. The first-order valence-corrected chi connectivity index (χ1v) is 20.9. The lowest BCUT2D eigenvalue weighted by molar-refractivity contribution is -0.122. The molecule has 280 valence electrons. The lowest BCUT2D eigenvalue weighted by atomic mass is 9.42. The molecule has 4 N–H and O–H groups in total. The first kappa shape index (κ1) is 36.1. The molecule has 4 aliphatic rings. The molecule has 4 nitrogen and oxygen atoms in total. The second-order valence-corrected chi connectivity index (χ2v) is 18.2. The number of unbranched alkanes of at least 4 members (excludes halogenated alkanes) is 1. The predicted molar refractivity (Wildman–Crippen MR) is 219 cm³/mol. The summed E-state index contributed by atoms with van der Waals surface area (Å²) in [6.07, 6.45) is 16.1. The smallest absolute Gasteiger partial charge is 0.129 e. The molecule has 4 aromatic carbocycles. The number of hydrogen-bond acceptors (Lipinski definition) is 4. The number of anilines is 2. The Bertz CT molecular complexity index is 1810. The van der Waals surface area contributed by atoms with Gasteiger partial charge in [-0.25, -0.2) is 0 Å². The van der Waals surface area contributed by atoms with E-state index in [1.165, 1.54) is 75.3 Å². The monoisotopic (exact) mass is 710 g/mol. The number of fused-ring (bicyclic) bond motifs is 5. The number of rotatable bonds is 10. The largest absolute Gasteiger partial charge is 0.457 e. The van der Waals surface area contributed by atoms with E-state index < -0.39 is 0 Å². The van der Waals surface area contributed by atoms with Crippen molar-refractivity contribution >= 4 is 11.4 Å². The van der Waals surface area contributed by atoms with Gasteiger partial charge in [-0.2, -0.15) is 0 Å². The zero-order chi connectivity index (χ0) is 36.8. The molecule has 53 heavy (non-hydrogen) atoms. The summed E-state index contributed by atoms with van der Waals surface area (Å²) in [5.41, 5.74) is 17.1. The molecule has 4 aromatic rings. The molecule has 0 spiro atoms. The topological polar surface area (TPSA) is 70.5 Å². The SMILES string of the molecule is CCCCC(C)C1CCC2C3CCC4CC(c5cccc(Oc6cccc(N)c6)c5)(c5cccc(Oc6cccc(N)c6)c5)CCC4(C)C3CCC12C. The van der Waals surface area contributed by atoms with Gasteiger partial charge in [-0.3, -0.25) is 0 Å². The van der Waals surface area contributed by atoms with E-state index in [9.17, 15) is 0 Å². The Morgan fingerprint density at radius 3 is 1.79 bits per heavy atom. The quantitative estimate of drug-likeness (QED) is 0.161. The molecule has 8 unspecified atom stereocenters. The molecule has 0 saturated heterocycles. The number of benzene rings is 4. The fraction of sp³-hybridized carbons (Fsp3) is 0.510. The molecule has 4 heteroatoms. The zero-order valence-corrected chi connectivity index (χ0v) is 32.7. The maximum absolute atomic E-state index is 6.46. The van der Waals surface area contributed by atoms with Gasteiger partial charge in [0.2, 0.25) is 0 Å². The van der Waals surface area contributed by atoms with E-state index in [-0.39, 0.29) is 5.41 Å². The molecule has 0 aromatic heterocycles. The van der Waals surface area contributed by atoms with Crippen molar-refractivity contribution in [2.24, 2.45) is 46.3 Å². The highest BCUT2D eigenvalue weighted by molar-refractivity contribution is 5.50. The molecule has 0 radical (unpaired) electrons. The molecule has 0 amide bonds. The van der Waals surface area contributed by atoms with Crippen LogP contribution in [0, 0.1) is 46.3 Å². The number of hydrogen-bond donors (Lipinski definition) is 2. The Hall–Kier alpha value is -3.92. The Labute approximate surface area is 319 Å². The molecule has 0 heterocycles. The first-order chi connectivity index (χ1) is 25.6. The van der Waals surface area contributed by atoms with E-state index in [1.807, 2.05) is 48.5 Å². The van der Waals surface area contributed by atoms with Crippen molar-refractivity contribution in [2.75, 3.05) is 11.5 Å². The van der Waals surface area contributed by atoms with Gasteiger partial charge in [0.25, 0.3) is 0 Å². The van der Waals surface area contributed by atoms with Crippen LogP contribution in [0.15, 0.2) is 97.1 Å². The summed E-state index contributed by atoms with van der Waals surface area (Å²) < 4.78 is 12.9. The highest BCUT2D eigenvalue weighted by atomic mass is 16.5. The zero-order valence-electron chi connectivity index (χ0n) is 32.7. The fourth-order valence-electron chi connectivity index (χ4n) is 12.8. The summed E-state index contributed by atoms with van der Waals surface area (Å²) in [5.74, 6) is 8.30. The van der Waals surface area contributed by atoms with Gasteiger partial charge < -0.3 is 20.9 Å². The molecular weight excluding hydrogens is 649 g/mol. The van der Waals surface area contributed by atoms with E-state index in [4.69, 9.17) is 20.9 Å². The summed E-state index contributed by atoms with van der Waals surface area (Å²) in [6.45, 7) is 10.4. The number of ether oxygens (including phenoxy) is 2. The summed E-state index contributed by atoms with van der Waals surface area (Å²) in [7, 11) is 0. The minimum Gasteiger partial charge on any atom is -0.457 e. The molecular formula is C49H62N2O2. The van der Waals surface area contributed by atoms with Crippen molar-refractivity contribution in [3.05, 3.63) is 108 Å². The van der Waals surface area contributed by atoms with Gasteiger partial charge in [-0.1, -0.05) is 83.4 Å². The van der Waals surface area contributed by atoms with E-state index in [2.05, 4.69) is 76.2 Å². The second-order valence-electron chi connectivity index (χ2n) is 18.2. The van der Waals surface area contributed by atoms with Crippen LogP contribution in [-0.4, -0.2) is 0 Å². The Balaban J connectivity index is 1.12. The Morgan fingerprint density at radius 2 is 1.21 bits per heavy atom. The maximum Gasteiger partial charge on any atom is 0.129 e. The van der Waals surface area contributed by atoms with Crippen molar-refractivity contribution in [3.8, 4) is 23.0 Å². The highest BCUT2D eigenvalue weighted by Crippen LogP contribution is 2.70. The average Bonchev–Trinajstić information content (AvgIpc) is 3.51. The van der Waals surface area contributed by atoms with Crippen LogP contribution >= 0.6 is 0 Å². The van der Waals surface area contributed by atoms with Crippen LogP contribution in [0.2, 0.25) is 0 Å². The van der Waals surface area contributed by atoms with Crippen molar-refractivity contribution in [1.29, 1.82) is 0 Å². The van der Waals surface area contributed by atoms with Gasteiger partial charge in [0, 0.05) is 28.9 Å². The van der Waals surface area contributed by atoms with Crippen molar-refractivity contribution in [2.45, 2.75) is 110 Å². The Morgan fingerprint density at radius 1 is 0.642 bits per heavy atom. The van der Waals surface area contributed by atoms with Gasteiger partial charge >= 0.3 is 0 Å². The van der Waals surface area contributed by atoms with Crippen molar-refractivity contribution < 1.29 is 9.47 Å². The predicted octanol–water partition coefficient (Wildman–Crippen LogP) is 13.2. The summed E-state index contributed by atoms with van der Waals surface area (Å²) in [5, 5.41) is 0. The molecule has 4 aliphatic carbocycles. The Kier molecular flexibility index (Phi) is 9.79. The van der Waals surface area contributed by atoms with Crippen LogP contribution in [0.1, 0.15) is 116 Å². The van der Waals surface area contributed by atoms with E-state index in [0.29, 0.717) is 28.1 Å². The van der Waals surface area contributed by atoms with Crippen LogP contribution in [0.5, 0.6) is 23.0 Å². The third kappa shape index (κ3) is 6.63. The first-order valence-electron chi connectivity index (χ1n) is 20.9. The summed E-state index contributed by atoms with van der Waals surface area (Å²) >= 11 is 0. The van der Waals surface area contributed by atoms with Crippen molar-refractivity contribution in [1.82, 2.24) is 0 Å². The lowest BCUT2D eigenvalue weighted by Crippen LogP contribution is -2.55. The molecule has 0 aliphatic heterocycles. The molecule has 8 atom stereocenters. The van der Waals surface area contributed by atoms with E-state index in [0.717, 1.165) is 65.4 Å². The van der Waals surface area contributed by atoms with Gasteiger partial charge in [-0.15, -0.1) is 0 Å². The summed E-state index contributed by atoms with van der Waals surface area (Å²) in [4.78, 5) is 0. The highest BCUT2D eigenvalue weighted by Gasteiger charge is 2.62. The van der Waals surface area contributed by atoms with Crippen LogP contribution in [0.25, 0.3) is 0 Å². The molecule has 4 saturated carbocycles. The number of nitrogens with two attached hydrogens (primary N) is 2. The third-order valence-corrected chi connectivity index (χ3v) is 15.5. The summed E-state index contributed by atoms with van der Waals surface area (Å²) in [6, 6.07) is 33.3. The van der Waals surface area contributed by atoms with Gasteiger partial charge in [0.15, 0.2) is 0 Å². The lowest BCUT2D eigenvalue weighted by Gasteiger charge is -2.63. The normalized spacial score (nSPS) is 30.8. The van der Waals surface area contributed by atoms with E-state index >= 15 is 0 Å². The van der Waals surface area contributed by atoms with Gasteiger partial charge in [-0.05, 0) is 164 Å². The fourth-order valence-corrected chi connectivity index (χ4v) is 12.8. The van der Waals surface area contributed by atoms with Crippen LogP contribution in [0.3, 0.4) is 0 Å². The average molecular weight is 711 g/mol. The minimum absolute atomic E-state index is 0.155. The number of nitrogen functional groups attached to an aromatic ring is 2. The molecule has 0 bridgehead atoms. The third-order valence-electron chi connectivity index (χ3n) is 15.5. The maximum atomic E-state index is 6.46. The van der Waals surface area contributed by atoms with Gasteiger partial charge in [0.05, 0.1) is 0 Å². The standard InChI is InChI=1S/C49H62N2O2/c1-5-6-11-33(2)44-22-23-45-43-21-20-36-32-49(27-26-47(36,3)46(43)24-25-48(44,45)4,34-12-7-16-39(28-34)52-41-18-9-14-37(50)30-41)35-13-8-17-40(29-35)53-42-19-10-15-38(51)31-42/h7-10,12-19,28-31,33,36,43-46H,5-6,11,20-27,32,50-51H2,1-4H3. The van der Waals surface area contributed by atoms with Crippen molar-refractivity contribution in [3.63, 3.8) is 0 Å². The molecule has 8 rings (SSSR count). The van der Waals surface area contributed by atoms with Crippen LogP contribution in [0.4, 0.5) is 11.4 Å². The van der Waals surface area contributed by atoms with E-state index in [1.54, 1.807) is 0 Å². The molecule has 4 fully saturated rings. The minimum atomic E-state index is -0.155.